The molecule has 0 amide bonds. The molecule has 0 unspecified atom stereocenters. The Morgan fingerprint density at radius 2 is 2.33 bits per heavy atom. The summed E-state index contributed by atoms with van der Waals surface area (Å²) in [6.45, 7) is 2.90. The monoisotopic (exact) mass is 328 g/mol. The zero-order valence-electron chi connectivity index (χ0n) is 9.89. The largest absolute Gasteiger partial charge is 0.481 e. The lowest BCUT2D eigenvalue weighted by molar-refractivity contribution is -0.133. The van der Waals surface area contributed by atoms with Gasteiger partial charge in [-0.1, -0.05) is 15.9 Å². The lowest BCUT2D eigenvalue weighted by Gasteiger charge is -2.04. The summed E-state index contributed by atoms with van der Waals surface area (Å²) in [5.74, 6) is 0.863. The molecule has 6 heteroatoms. The maximum atomic E-state index is 10.5. The molecule has 0 fully saturated rings. The van der Waals surface area contributed by atoms with E-state index in [0.29, 0.717) is 5.75 Å². The molecule has 0 radical (unpaired) electrons. The van der Waals surface area contributed by atoms with Gasteiger partial charge in [-0.2, -0.15) is 0 Å². The van der Waals surface area contributed by atoms with Gasteiger partial charge in [-0.25, -0.2) is 4.98 Å². The van der Waals surface area contributed by atoms with Gasteiger partial charge in [-0.05, 0) is 25.1 Å². The summed E-state index contributed by atoms with van der Waals surface area (Å²) in [7, 11) is 0. The van der Waals surface area contributed by atoms with E-state index in [1.165, 1.54) is 11.8 Å². The van der Waals surface area contributed by atoms with Crippen molar-refractivity contribution in [1.29, 1.82) is 0 Å². The van der Waals surface area contributed by atoms with Crippen molar-refractivity contribution in [3.63, 3.8) is 0 Å². The summed E-state index contributed by atoms with van der Waals surface area (Å²) in [5.41, 5.74) is 2.03. The number of hydrogen-bond donors (Lipinski definition) is 1. The summed E-state index contributed by atoms with van der Waals surface area (Å²) in [5, 5.41) is 8.64. The number of thioether (sulfide) groups is 1. The number of rotatable bonds is 5. The molecule has 0 saturated heterocycles. The van der Waals surface area contributed by atoms with Gasteiger partial charge in [-0.15, -0.1) is 11.8 Å². The fourth-order valence-electron chi connectivity index (χ4n) is 1.85. The molecule has 96 valence electrons. The van der Waals surface area contributed by atoms with Crippen LogP contribution in [-0.4, -0.2) is 26.4 Å². The molecule has 1 heterocycles. The first-order chi connectivity index (χ1) is 8.61. The number of aliphatic carboxylic acids is 1. The summed E-state index contributed by atoms with van der Waals surface area (Å²) in [6.07, 6.45) is 0. The first kappa shape index (κ1) is 13.4. The minimum atomic E-state index is -0.790. The maximum Gasteiger partial charge on any atom is 0.313 e. The van der Waals surface area contributed by atoms with Crippen LogP contribution in [0.4, 0.5) is 0 Å². The summed E-state index contributed by atoms with van der Waals surface area (Å²) in [6, 6.07) is 6.00. The smallest absolute Gasteiger partial charge is 0.313 e. The van der Waals surface area contributed by atoms with Crippen LogP contribution in [0, 0.1) is 0 Å². The molecule has 0 aliphatic heterocycles. The molecule has 0 aliphatic carbocycles. The maximum absolute atomic E-state index is 10.5. The second-order valence-electron chi connectivity index (χ2n) is 3.79. The molecule has 0 spiro atoms. The first-order valence-corrected chi connectivity index (χ1v) is 7.50. The van der Waals surface area contributed by atoms with Crippen molar-refractivity contribution in [2.45, 2.75) is 19.2 Å². The van der Waals surface area contributed by atoms with Crippen LogP contribution < -0.4 is 0 Å². The van der Waals surface area contributed by atoms with Crippen LogP contribution in [0.1, 0.15) is 12.7 Å². The normalized spacial score (nSPS) is 11.0. The number of hydrogen-bond acceptors (Lipinski definition) is 3. The highest BCUT2D eigenvalue weighted by molar-refractivity contribution is 9.10. The molecule has 18 heavy (non-hydrogen) atoms. The van der Waals surface area contributed by atoms with Gasteiger partial charge in [0, 0.05) is 11.0 Å². The van der Waals surface area contributed by atoms with Crippen LogP contribution in [0.15, 0.2) is 22.7 Å². The van der Waals surface area contributed by atoms with Crippen molar-refractivity contribution in [2.24, 2.45) is 0 Å². The number of benzene rings is 1. The molecular weight excluding hydrogens is 316 g/mol. The number of carbonyl (C=O) groups is 1. The Labute approximate surface area is 118 Å². The Hall–Kier alpha value is -1.01. The second kappa shape index (κ2) is 5.75. The lowest BCUT2D eigenvalue weighted by atomic mass is 10.3. The quantitative estimate of drug-likeness (QED) is 0.916. The molecular formula is C12H13BrN2O2S. The summed E-state index contributed by atoms with van der Waals surface area (Å²) >= 11 is 4.80. The van der Waals surface area contributed by atoms with Crippen LogP contribution in [0.25, 0.3) is 11.0 Å². The minimum Gasteiger partial charge on any atom is -0.481 e. The van der Waals surface area contributed by atoms with E-state index >= 15 is 0 Å². The first-order valence-electron chi connectivity index (χ1n) is 5.56. The fourth-order valence-corrected chi connectivity index (χ4v) is 2.87. The van der Waals surface area contributed by atoms with E-state index in [1.807, 2.05) is 18.2 Å². The lowest BCUT2D eigenvalue weighted by Crippen LogP contribution is -2.03. The predicted octanol–water partition coefficient (Wildman–Crippen LogP) is 3.14. The molecule has 2 rings (SSSR count). The predicted molar refractivity (Wildman–Crippen MR) is 76.9 cm³/mol. The van der Waals surface area contributed by atoms with E-state index in [2.05, 4.69) is 32.4 Å². The van der Waals surface area contributed by atoms with Crippen LogP contribution in [0.5, 0.6) is 0 Å². The van der Waals surface area contributed by atoms with Crippen LogP contribution in [0.2, 0.25) is 0 Å². The van der Waals surface area contributed by atoms with Crippen molar-refractivity contribution in [3.05, 3.63) is 28.5 Å². The Balaban J connectivity index is 2.29. The van der Waals surface area contributed by atoms with E-state index < -0.39 is 5.97 Å². The molecule has 0 atom stereocenters. The number of carboxylic acid groups (broad SMARTS) is 1. The standard InChI is InChI=1S/C12H13BrN2O2S/c1-2-15-10-4-3-8(13)5-9(10)14-11(15)6-18-7-12(16)17/h3-5H,2,6-7H2,1H3,(H,16,17). The third-order valence-electron chi connectivity index (χ3n) is 2.56. The molecule has 2 aromatic rings. The SMILES string of the molecule is CCn1c(CSCC(=O)O)nc2cc(Br)ccc21. The zero-order chi connectivity index (χ0) is 13.1. The van der Waals surface area contributed by atoms with Crippen LogP contribution >= 0.6 is 27.7 Å². The molecule has 0 bridgehead atoms. The van der Waals surface area contributed by atoms with E-state index in [0.717, 1.165) is 27.9 Å². The molecule has 1 N–H and O–H groups in total. The van der Waals surface area contributed by atoms with Gasteiger partial charge >= 0.3 is 5.97 Å². The highest BCUT2D eigenvalue weighted by Crippen LogP contribution is 2.23. The van der Waals surface area contributed by atoms with Gasteiger partial charge in [0.1, 0.15) is 5.82 Å². The Kier molecular flexibility index (Phi) is 4.29. The summed E-state index contributed by atoms with van der Waals surface area (Å²) < 4.78 is 3.12. The van der Waals surface area contributed by atoms with Crippen molar-refractivity contribution in [1.82, 2.24) is 9.55 Å². The third-order valence-corrected chi connectivity index (χ3v) is 3.97. The molecule has 0 aliphatic rings. The Morgan fingerprint density at radius 1 is 1.56 bits per heavy atom. The van der Waals surface area contributed by atoms with Gasteiger partial charge in [0.2, 0.25) is 0 Å². The zero-order valence-corrected chi connectivity index (χ0v) is 12.3. The molecule has 1 aromatic heterocycles. The van der Waals surface area contributed by atoms with Gasteiger partial charge in [0.25, 0.3) is 0 Å². The average Bonchev–Trinajstić information content (AvgIpc) is 2.65. The molecule has 1 aromatic carbocycles. The van der Waals surface area contributed by atoms with Crippen molar-refractivity contribution < 1.29 is 9.90 Å². The highest BCUT2D eigenvalue weighted by Gasteiger charge is 2.10. The topological polar surface area (TPSA) is 55.1 Å². The number of nitrogens with zero attached hydrogens (tertiary/aromatic N) is 2. The number of aryl methyl sites for hydroxylation is 1. The van der Waals surface area contributed by atoms with Gasteiger partial charge in [0.05, 0.1) is 22.5 Å². The fraction of sp³-hybridized carbons (Fsp3) is 0.333. The number of aromatic nitrogens is 2. The van der Waals surface area contributed by atoms with E-state index in [-0.39, 0.29) is 5.75 Å². The van der Waals surface area contributed by atoms with E-state index in [1.54, 1.807) is 0 Å². The highest BCUT2D eigenvalue weighted by atomic mass is 79.9. The van der Waals surface area contributed by atoms with Crippen LogP contribution in [-0.2, 0) is 17.1 Å². The van der Waals surface area contributed by atoms with Gasteiger partial charge < -0.3 is 9.67 Å². The van der Waals surface area contributed by atoms with E-state index in [4.69, 9.17) is 5.11 Å². The van der Waals surface area contributed by atoms with E-state index in [9.17, 15) is 4.79 Å². The molecule has 4 nitrogen and oxygen atoms in total. The third kappa shape index (κ3) is 2.87. The number of fused-ring (bicyclic) bond motifs is 1. The van der Waals surface area contributed by atoms with Crippen molar-refractivity contribution in [2.75, 3.05) is 5.75 Å². The number of carboxylic acids is 1. The minimum absolute atomic E-state index is 0.108. The van der Waals surface area contributed by atoms with Gasteiger partial charge in [-0.3, -0.25) is 4.79 Å². The van der Waals surface area contributed by atoms with Gasteiger partial charge in [0.15, 0.2) is 0 Å². The Morgan fingerprint density at radius 3 is 3.00 bits per heavy atom. The molecule has 0 saturated carbocycles. The van der Waals surface area contributed by atoms with Crippen LogP contribution in [0.3, 0.4) is 0 Å². The number of halogens is 1. The Bertz CT molecular complexity index is 583. The van der Waals surface area contributed by atoms with Crippen molar-refractivity contribution >= 4 is 44.7 Å². The second-order valence-corrected chi connectivity index (χ2v) is 5.69. The summed E-state index contributed by atoms with van der Waals surface area (Å²) in [4.78, 5) is 15.1. The number of imidazole rings is 1. The average molecular weight is 329 g/mol. The van der Waals surface area contributed by atoms with Crippen molar-refractivity contribution in [3.8, 4) is 0 Å².